The molecule has 10 heteroatoms. The van der Waals surface area contributed by atoms with Gasteiger partial charge in [-0.05, 0) is 49.4 Å². The van der Waals surface area contributed by atoms with Gasteiger partial charge in [0.05, 0.1) is 10.6 Å². The molecule has 1 aliphatic carbocycles. The van der Waals surface area contributed by atoms with Gasteiger partial charge in [0.15, 0.2) is 0 Å². The van der Waals surface area contributed by atoms with E-state index >= 15 is 0 Å². The van der Waals surface area contributed by atoms with Crippen molar-refractivity contribution in [1.29, 1.82) is 0 Å². The van der Waals surface area contributed by atoms with Crippen molar-refractivity contribution in [2.24, 2.45) is 5.73 Å². The first-order valence-electron chi connectivity index (χ1n) is 8.77. The Labute approximate surface area is 177 Å². The maximum absolute atomic E-state index is 12.9. The molecule has 0 unspecified atom stereocenters. The summed E-state index contributed by atoms with van der Waals surface area (Å²) in [5.74, 6) is -1.07. The Morgan fingerprint density at radius 3 is 2.69 bits per heavy atom. The third-order valence-electron chi connectivity index (χ3n) is 4.68. The molecule has 2 heterocycles. The number of carbonyl (C=O) groups excluding carboxylic acids is 2. The zero-order valence-corrected chi connectivity index (χ0v) is 17.3. The highest BCUT2D eigenvalue weighted by atomic mass is 35.5. The fourth-order valence-corrected chi connectivity index (χ4v) is 6.17. The van der Waals surface area contributed by atoms with Gasteiger partial charge in [-0.25, -0.2) is 0 Å². The van der Waals surface area contributed by atoms with E-state index in [4.69, 9.17) is 17.3 Å². The third kappa shape index (κ3) is 3.82. The summed E-state index contributed by atoms with van der Waals surface area (Å²) in [6.07, 6.45) is 3.62. The average molecular weight is 457 g/mol. The van der Waals surface area contributed by atoms with Gasteiger partial charge in [0.1, 0.15) is 15.6 Å². The predicted octanol–water partition coefficient (Wildman–Crippen LogP) is 5.45. The van der Waals surface area contributed by atoms with Crippen LogP contribution >= 0.6 is 34.3 Å². The van der Waals surface area contributed by atoms with E-state index in [1.165, 1.54) is 29.5 Å². The molecule has 1 aliphatic rings. The first-order chi connectivity index (χ1) is 13.8. The quantitative estimate of drug-likeness (QED) is 0.535. The van der Waals surface area contributed by atoms with Crippen LogP contribution in [0.2, 0.25) is 5.02 Å². The first-order valence-corrected chi connectivity index (χ1v) is 10.8. The molecule has 29 heavy (non-hydrogen) atoms. The Morgan fingerprint density at radius 1 is 1.21 bits per heavy atom. The number of fused-ring (bicyclic) bond motifs is 2. The van der Waals surface area contributed by atoms with Gasteiger partial charge in [-0.3, -0.25) is 9.59 Å². The average Bonchev–Trinajstić information content (AvgIpc) is 3.18. The number of aryl methyl sites for hydroxylation is 1. The number of ether oxygens (including phenoxy) is 1. The molecule has 0 bridgehead atoms. The van der Waals surface area contributed by atoms with Crippen molar-refractivity contribution in [3.8, 4) is 5.75 Å². The fourth-order valence-electron chi connectivity index (χ4n) is 3.44. The molecule has 3 aromatic rings. The Bertz CT molecular complexity index is 1130. The van der Waals surface area contributed by atoms with E-state index in [1.54, 1.807) is 0 Å². The normalized spacial score (nSPS) is 13.5. The number of amides is 2. The minimum Gasteiger partial charge on any atom is -0.435 e. The van der Waals surface area contributed by atoms with Crippen LogP contribution in [0.3, 0.4) is 0 Å². The molecule has 0 saturated carbocycles. The molecule has 3 N–H and O–H groups in total. The molecule has 2 aromatic heterocycles. The van der Waals surface area contributed by atoms with Crippen LogP contribution < -0.4 is 15.8 Å². The molecule has 152 valence electrons. The minimum absolute atomic E-state index is 0.0145. The second-order valence-corrected chi connectivity index (χ2v) is 9.05. The number of rotatable bonds is 5. The molecular formula is C19H15ClF2N2O3S2. The SMILES string of the molecule is NC(=O)c1c(NC(=O)c2sc3cc(OC(F)F)ccc3c2Cl)sc2c1CCCC2. The third-order valence-corrected chi connectivity index (χ3v) is 7.54. The topological polar surface area (TPSA) is 81.4 Å². The lowest BCUT2D eigenvalue weighted by Gasteiger charge is -2.11. The van der Waals surface area contributed by atoms with Crippen LogP contribution in [-0.2, 0) is 12.8 Å². The summed E-state index contributed by atoms with van der Waals surface area (Å²) < 4.78 is 29.8. The summed E-state index contributed by atoms with van der Waals surface area (Å²) in [4.78, 5) is 26.1. The molecule has 1 aromatic carbocycles. The number of hydrogen-bond acceptors (Lipinski definition) is 5. The molecule has 0 aliphatic heterocycles. The fraction of sp³-hybridized carbons (Fsp3) is 0.263. The van der Waals surface area contributed by atoms with Crippen molar-refractivity contribution >= 4 is 61.2 Å². The van der Waals surface area contributed by atoms with Crippen molar-refractivity contribution in [2.75, 3.05) is 5.32 Å². The number of benzene rings is 1. The second-order valence-electron chi connectivity index (χ2n) is 6.52. The summed E-state index contributed by atoms with van der Waals surface area (Å²) in [7, 11) is 0. The van der Waals surface area contributed by atoms with Crippen molar-refractivity contribution in [3.05, 3.63) is 44.1 Å². The van der Waals surface area contributed by atoms with E-state index in [2.05, 4.69) is 10.1 Å². The minimum atomic E-state index is -2.94. The second kappa shape index (κ2) is 7.89. The van der Waals surface area contributed by atoms with E-state index in [1.807, 2.05) is 0 Å². The monoisotopic (exact) mass is 456 g/mol. The van der Waals surface area contributed by atoms with Gasteiger partial charge >= 0.3 is 6.61 Å². The van der Waals surface area contributed by atoms with E-state index in [-0.39, 0.29) is 15.6 Å². The lowest BCUT2D eigenvalue weighted by atomic mass is 9.95. The van der Waals surface area contributed by atoms with Crippen molar-refractivity contribution in [2.45, 2.75) is 32.3 Å². The van der Waals surface area contributed by atoms with Crippen LogP contribution in [0.15, 0.2) is 18.2 Å². The van der Waals surface area contributed by atoms with Gasteiger partial charge in [-0.15, -0.1) is 22.7 Å². The first kappa shape index (κ1) is 20.1. The van der Waals surface area contributed by atoms with Gasteiger partial charge in [0, 0.05) is 15.0 Å². The number of nitrogens with one attached hydrogen (secondary N) is 1. The van der Waals surface area contributed by atoms with Crippen molar-refractivity contribution < 1.29 is 23.1 Å². The molecule has 0 spiro atoms. The molecule has 0 saturated heterocycles. The van der Waals surface area contributed by atoms with Crippen LogP contribution in [0.25, 0.3) is 10.1 Å². The summed E-state index contributed by atoms with van der Waals surface area (Å²) in [5, 5.41) is 3.96. The number of hydrogen-bond donors (Lipinski definition) is 2. The van der Waals surface area contributed by atoms with Crippen LogP contribution in [0.4, 0.5) is 13.8 Å². The van der Waals surface area contributed by atoms with Gasteiger partial charge in [0.2, 0.25) is 0 Å². The number of halogens is 3. The van der Waals surface area contributed by atoms with E-state index < -0.39 is 18.4 Å². The van der Waals surface area contributed by atoms with Crippen molar-refractivity contribution in [1.82, 2.24) is 0 Å². The summed E-state index contributed by atoms with van der Waals surface area (Å²) in [6, 6.07) is 4.31. The zero-order chi connectivity index (χ0) is 20.7. The van der Waals surface area contributed by atoms with Crippen molar-refractivity contribution in [3.63, 3.8) is 0 Å². The maximum atomic E-state index is 12.9. The van der Waals surface area contributed by atoms with E-state index in [0.717, 1.165) is 47.5 Å². The largest absolute Gasteiger partial charge is 0.435 e. The summed E-state index contributed by atoms with van der Waals surface area (Å²) >= 11 is 8.77. The molecule has 2 amide bonds. The van der Waals surface area contributed by atoms with Gasteiger partial charge in [-0.1, -0.05) is 11.6 Å². The van der Waals surface area contributed by atoms with Crippen LogP contribution in [-0.4, -0.2) is 18.4 Å². The molecule has 5 nitrogen and oxygen atoms in total. The Balaban J connectivity index is 1.67. The molecule has 4 rings (SSSR count). The lowest BCUT2D eigenvalue weighted by Crippen LogP contribution is -2.18. The van der Waals surface area contributed by atoms with Gasteiger partial charge < -0.3 is 15.8 Å². The van der Waals surface area contributed by atoms with Gasteiger partial charge in [0.25, 0.3) is 11.8 Å². The van der Waals surface area contributed by atoms with Crippen LogP contribution in [0, 0.1) is 0 Å². The number of nitrogens with two attached hydrogens (primary N) is 1. The van der Waals surface area contributed by atoms with E-state index in [9.17, 15) is 18.4 Å². The predicted molar refractivity (Wildman–Crippen MR) is 111 cm³/mol. The smallest absolute Gasteiger partial charge is 0.387 e. The standard InChI is InChI=1S/C19H15ClF2N2O3S2/c20-14-10-6-5-8(27-19(21)22)7-12(10)28-15(14)17(26)24-18-13(16(23)25)9-3-1-2-4-11(9)29-18/h5-7,19H,1-4H2,(H2,23,25)(H,24,26). The maximum Gasteiger partial charge on any atom is 0.387 e. The Morgan fingerprint density at radius 2 is 1.97 bits per heavy atom. The summed E-state index contributed by atoms with van der Waals surface area (Å²) in [5.41, 5.74) is 6.84. The molecule has 0 fully saturated rings. The highest BCUT2D eigenvalue weighted by molar-refractivity contribution is 7.22. The summed E-state index contributed by atoms with van der Waals surface area (Å²) in [6.45, 7) is -2.94. The number of anilines is 1. The zero-order valence-electron chi connectivity index (χ0n) is 14.9. The lowest BCUT2D eigenvalue weighted by molar-refractivity contribution is -0.0497. The van der Waals surface area contributed by atoms with E-state index in [0.29, 0.717) is 20.7 Å². The highest BCUT2D eigenvalue weighted by Crippen LogP contribution is 2.41. The Hall–Kier alpha value is -2.23. The Kier molecular flexibility index (Phi) is 5.46. The van der Waals surface area contributed by atoms with Crippen LogP contribution in [0.1, 0.15) is 43.3 Å². The number of alkyl halides is 2. The number of carbonyl (C=O) groups is 2. The molecule has 0 atom stereocenters. The van der Waals surface area contributed by atoms with Crippen LogP contribution in [0.5, 0.6) is 5.75 Å². The highest BCUT2D eigenvalue weighted by Gasteiger charge is 2.26. The molecule has 0 radical (unpaired) electrons. The number of thiophene rings is 2. The number of primary amides is 1. The molecular weight excluding hydrogens is 442 g/mol. The van der Waals surface area contributed by atoms with Gasteiger partial charge in [-0.2, -0.15) is 8.78 Å².